The van der Waals surface area contributed by atoms with E-state index in [9.17, 15) is 0 Å². The molecule has 0 bridgehead atoms. The minimum absolute atomic E-state index is 0.707. The standard InChI is InChI=1S/C4H8NS/c1-2-4(5)3-6/h6H,2,5H2,1H3/q-1. The zero-order chi connectivity index (χ0) is 4.99. The second kappa shape index (κ2) is 3.09. The molecule has 0 unspecified atom stereocenters. The monoisotopic (exact) mass is 102 g/mol. The molecule has 36 valence electrons. The highest BCUT2D eigenvalue weighted by Gasteiger charge is 1.61. The van der Waals surface area contributed by atoms with Crippen LogP contribution >= 0.6 is 12.6 Å². The quantitative estimate of drug-likeness (QED) is 0.374. The van der Waals surface area contributed by atoms with E-state index in [4.69, 9.17) is 5.73 Å². The maximum atomic E-state index is 5.20. The molecule has 2 heteroatoms. The molecule has 2 N–H and O–H groups in total. The van der Waals surface area contributed by atoms with E-state index in [1.807, 2.05) is 6.92 Å². The van der Waals surface area contributed by atoms with Crippen LogP contribution in [0.1, 0.15) is 13.3 Å². The Bertz CT molecular complexity index is 58.6. The van der Waals surface area contributed by atoms with Gasteiger partial charge in [-0.3, -0.25) is 0 Å². The molecule has 0 rings (SSSR count). The Morgan fingerprint density at radius 2 is 2.50 bits per heavy atom. The molecule has 6 heavy (non-hydrogen) atoms. The van der Waals surface area contributed by atoms with Crippen molar-refractivity contribution in [2.75, 3.05) is 0 Å². The van der Waals surface area contributed by atoms with Crippen LogP contribution in [0.4, 0.5) is 0 Å². The van der Waals surface area contributed by atoms with Crippen LogP contribution in [0, 0.1) is 5.41 Å². The molecule has 0 radical (unpaired) electrons. The topological polar surface area (TPSA) is 26.0 Å². The van der Waals surface area contributed by atoms with E-state index in [2.05, 4.69) is 18.0 Å². The van der Waals surface area contributed by atoms with Crippen LogP contribution in [0.25, 0.3) is 0 Å². The smallest absolute Gasteiger partial charge is 0.0495 e. The Morgan fingerprint density at radius 1 is 2.00 bits per heavy atom. The van der Waals surface area contributed by atoms with Crippen LogP contribution in [0.15, 0.2) is 5.70 Å². The van der Waals surface area contributed by atoms with Crippen molar-refractivity contribution < 1.29 is 0 Å². The van der Waals surface area contributed by atoms with Crippen LogP contribution in [-0.2, 0) is 0 Å². The Kier molecular flexibility index (Phi) is 3.04. The van der Waals surface area contributed by atoms with Crippen LogP contribution in [0.3, 0.4) is 0 Å². The van der Waals surface area contributed by atoms with E-state index in [-0.39, 0.29) is 0 Å². The van der Waals surface area contributed by atoms with Crippen molar-refractivity contribution in [1.29, 1.82) is 0 Å². The summed E-state index contributed by atoms with van der Waals surface area (Å²) in [5, 5.41) is 2.50. The molecule has 1 nitrogen and oxygen atoms in total. The molecule has 0 spiro atoms. The van der Waals surface area contributed by atoms with Gasteiger partial charge in [0.25, 0.3) is 0 Å². The van der Waals surface area contributed by atoms with Crippen LogP contribution in [0.5, 0.6) is 0 Å². The molecule has 0 aliphatic heterocycles. The van der Waals surface area contributed by atoms with Gasteiger partial charge in [0.1, 0.15) is 0 Å². The lowest BCUT2D eigenvalue weighted by atomic mass is 10.4. The Morgan fingerprint density at radius 3 is 2.50 bits per heavy atom. The lowest BCUT2D eigenvalue weighted by Crippen LogP contribution is -1.91. The van der Waals surface area contributed by atoms with Gasteiger partial charge in [0.05, 0.1) is 0 Å². The van der Waals surface area contributed by atoms with Gasteiger partial charge in [0.2, 0.25) is 0 Å². The second-order valence-corrected chi connectivity index (χ2v) is 1.21. The number of hydrogen-bond donors (Lipinski definition) is 2. The molecule has 0 aromatic rings. The summed E-state index contributed by atoms with van der Waals surface area (Å²) in [5.41, 5.74) is 5.91. The molecule has 0 saturated heterocycles. The van der Waals surface area contributed by atoms with Crippen molar-refractivity contribution in [2.24, 2.45) is 5.73 Å². The molecular weight excluding hydrogens is 94.1 g/mol. The molecule has 0 aliphatic rings. The predicted octanol–water partition coefficient (Wildman–Crippen LogP) is 0.929. The minimum atomic E-state index is 0.707. The highest BCUT2D eigenvalue weighted by atomic mass is 32.1. The van der Waals surface area contributed by atoms with Gasteiger partial charge in [-0.1, -0.05) is 6.92 Å². The highest BCUT2D eigenvalue weighted by Crippen LogP contribution is 1.88. The lowest BCUT2D eigenvalue weighted by molar-refractivity contribution is 1.07. The summed E-state index contributed by atoms with van der Waals surface area (Å²) >= 11 is 3.68. The Balaban J connectivity index is 3.22. The van der Waals surface area contributed by atoms with Gasteiger partial charge in [-0.25, -0.2) is 0 Å². The summed E-state index contributed by atoms with van der Waals surface area (Å²) < 4.78 is 0. The van der Waals surface area contributed by atoms with Crippen LogP contribution in [0.2, 0.25) is 0 Å². The highest BCUT2D eigenvalue weighted by molar-refractivity contribution is 7.82. The zero-order valence-corrected chi connectivity index (χ0v) is 4.63. The summed E-state index contributed by atoms with van der Waals surface area (Å²) in [6.45, 7) is 1.96. The summed E-state index contributed by atoms with van der Waals surface area (Å²) in [4.78, 5) is 0. The van der Waals surface area contributed by atoms with Crippen molar-refractivity contribution in [3.05, 3.63) is 11.1 Å². The van der Waals surface area contributed by atoms with Crippen molar-refractivity contribution in [3.8, 4) is 0 Å². The number of nitrogens with two attached hydrogens (primary N) is 1. The molecular formula is C4H8NS-. The zero-order valence-electron chi connectivity index (χ0n) is 3.73. The van der Waals surface area contributed by atoms with Crippen LogP contribution < -0.4 is 5.73 Å². The molecule has 0 aromatic carbocycles. The summed E-state index contributed by atoms with van der Waals surface area (Å²) in [6.07, 6.45) is 0.837. The molecule has 0 amide bonds. The third-order valence-electron chi connectivity index (χ3n) is 0.525. The van der Waals surface area contributed by atoms with E-state index < -0.39 is 0 Å². The molecule has 0 aromatic heterocycles. The maximum absolute atomic E-state index is 5.20. The van der Waals surface area contributed by atoms with Crippen molar-refractivity contribution in [3.63, 3.8) is 0 Å². The van der Waals surface area contributed by atoms with E-state index in [1.165, 1.54) is 0 Å². The predicted molar refractivity (Wildman–Crippen MR) is 30.2 cm³/mol. The molecule has 0 fully saturated rings. The first-order chi connectivity index (χ1) is 2.81. The third kappa shape index (κ3) is 2.15. The average molecular weight is 102 g/mol. The summed E-state index contributed by atoms with van der Waals surface area (Å²) in [7, 11) is 0. The minimum Gasteiger partial charge on any atom is -0.433 e. The first kappa shape index (κ1) is 5.89. The SMILES string of the molecule is CCC(N)=[C-]S. The molecule has 0 aliphatic carbocycles. The molecule has 0 heterocycles. The van der Waals surface area contributed by atoms with Crippen LogP contribution in [-0.4, -0.2) is 0 Å². The van der Waals surface area contributed by atoms with Crippen molar-refractivity contribution in [2.45, 2.75) is 13.3 Å². The average Bonchev–Trinajstić information content (AvgIpc) is 1.65. The first-order valence-electron chi connectivity index (χ1n) is 1.82. The van der Waals surface area contributed by atoms with Gasteiger partial charge in [-0.15, -0.1) is 0 Å². The Hall–Kier alpha value is -0.110. The number of hydrogen-bond acceptors (Lipinski definition) is 2. The van der Waals surface area contributed by atoms with Gasteiger partial charge in [-0.05, 0) is 6.42 Å². The van der Waals surface area contributed by atoms with Crippen molar-refractivity contribution >= 4 is 12.6 Å². The normalized spacial score (nSPS) is 12.0. The maximum Gasteiger partial charge on any atom is -0.0495 e. The van der Waals surface area contributed by atoms with Gasteiger partial charge in [0.15, 0.2) is 0 Å². The number of allylic oxidation sites excluding steroid dienone is 1. The summed E-state index contributed by atoms with van der Waals surface area (Å²) in [5.74, 6) is 0. The number of rotatable bonds is 1. The van der Waals surface area contributed by atoms with Gasteiger partial charge >= 0.3 is 0 Å². The summed E-state index contributed by atoms with van der Waals surface area (Å²) in [6, 6.07) is 0. The molecule has 0 saturated carbocycles. The van der Waals surface area contributed by atoms with Gasteiger partial charge in [0, 0.05) is 0 Å². The fraction of sp³-hybridized carbons (Fsp3) is 0.500. The van der Waals surface area contributed by atoms with E-state index in [1.54, 1.807) is 0 Å². The van der Waals surface area contributed by atoms with E-state index in [0.29, 0.717) is 5.70 Å². The largest absolute Gasteiger partial charge is 0.433 e. The molecule has 0 atom stereocenters. The lowest BCUT2D eigenvalue weighted by Gasteiger charge is -2.01. The number of thiol groups is 1. The first-order valence-corrected chi connectivity index (χ1v) is 2.27. The van der Waals surface area contributed by atoms with Gasteiger partial charge in [-0.2, -0.15) is 5.70 Å². The van der Waals surface area contributed by atoms with Crippen molar-refractivity contribution in [1.82, 2.24) is 0 Å². The van der Waals surface area contributed by atoms with Gasteiger partial charge < -0.3 is 23.8 Å². The fourth-order valence-electron chi connectivity index (χ4n) is 0.0791. The van der Waals surface area contributed by atoms with E-state index in [0.717, 1.165) is 6.42 Å². The second-order valence-electron chi connectivity index (χ2n) is 0.991. The third-order valence-corrected chi connectivity index (χ3v) is 0.812. The fourth-order valence-corrected chi connectivity index (χ4v) is 0.237. The Labute approximate surface area is 43.6 Å². The van der Waals surface area contributed by atoms with E-state index >= 15 is 0 Å².